The van der Waals surface area contributed by atoms with E-state index >= 15 is 0 Å². The Bertz CT molecular complexity index is 672. The summed E-state index contributed by atoms with van der Waals surface area (Å²) in [7, 11) is 1.59. The summed E-state index contributed by atoms with van der Waals surface area (Å²) in [6.07, 6.45) is 0.828. The molecule has 1 heterocycles. The van der Waals surface area contributed by atoms with Gasteiger partial charge in [-0.3, -0.25) is 4.79 Å². The summed E-state index contributed by atoms with van der Waals surface area (Å²) in [5.41, 5.74) is 1.41. The predicted octanol–water partition coefficient (Wildman–Crippen LogP) is 4.00. The second-order valence-electron chi connectivity index (χ2n) is 4.55. The van der Waals surface area contributed by atoms with Crippen molar-refractivity contribution in [2.45, 2.75) is 19.8 Å². The number of benzene rings is 1. The lowest BCUT2D eigenvalue weighted by molar-refractivity contribution is -0.136. The van der Waals surface area contributed by atoms with Crippen LogP contribution in [-0.2, 0) is 11.2 Å². The third-order valence-electron chi connectivity index (χ3n) is 2.81. The van der Waals surface area contributed by atoms with Gasteiger partial charge >= 0.3 is 5.97 Å². The summed E-state index contributed by atoms with van der Waals surface area (Å²) in [5, 5.41) is 11.3. The summed E-state index contributed by atoms with van der Waals surface area (Å²) >= 11 is 4.90. The number of thiazole rings is 1. The molecule has 0 spiro atoms. The normalized spacial score (nSPS) is 10.5. The highest BCUT2D eigenvalue weighted by molar-refractivity contribution is 9.10. The molecule has 0 atom stereocenters. The molecule has 5 nitrogen and oxygen atoms in total. The molecule has 0 bridgehead atoms. The predicted molar refractivity (Wildman–Crippen MR) is 88.9 cm³/mol. The van der Waals surface area contributed by atoms with Crippen molar-refractivity contribution >= 4 is 33.2 Å². The third-order valence-corrected chi connectivity index (χ3v) is 4.34. The molecular formula is C15H16BrNO4S. The maximum absolute atomic E-state index is 10.7. The van der Waals surface area contributed by atoms with Gasteiger partial charge < -0.3 is 14.6 Å². The first-order valence-corrected chi connectivity index (χ1v) is 8.39. The van der Waals surface area contributed by atoms with Gasteiger partial charge in [-0.2, -0.15) is 0 Å². The van der Waals surface area contributed by atoms with Crippen molar-refractivity contribution in [3.05, 3.63) is 27.7 Å². The van der Waals surface area contributed by atoms with Gasteiger partial charge in [0, 0.05) is 10.9 Å². The fourth-order valence-electron chi connectivity index (χ4n) is 1.86. The molecular weight excluding hydrogens is 370 g/mol. The molecule has 0 aliphatic carbocycles. The second-order valence-corrected chi connectivity index (χ2v) is 6.26. The number of carboxylic acid groups (broad SMARTS) is 1. The van der Waals surface area contributed by atoms with Gasteiger partial charge in [0.25, 0.3) is 0 Å². The van der Waals surface area contributed by atoms with Gasteiger partial charge in [0.1, 0.15) is 5.01 Å². The molecule has 0 aliphatic rings. The minimum absolute atomic E-state index is 0.0769. The summed E-state index contributed by atoms with van der Waals surface area (Å²) in [5.74, 6) is 0.391. The molecule has 0 unspecified atom stereocenters. The van der Waals surface area contributed by atoms with Gasteiger partial charge in [-0.1, -0.05) is 6.92 Å². The first-order chi connectivity index (χ1) is 10.5. The average molecular weight is 386 g/mol. The van der Waals surface area contributed by atoms with Gasteiger partial charge in [-0.25, -0.2) is 4.98 Å². The van der Waals surface area contributed by atoms with Crippen LogP contribution in [0.2, 0.25) is 0 Å². The maximum Gasteiger partial charge on any atom is 0.309 e. The highest BCUT2D eigenvalue weighted by Crippen LogP contribution is 2.40. The molecule has 0 saturated heterocycles. The Kier molecular flexibility index (Phi) is 5.79. The van der Waals surface area contributed by atoms with Crippen LogP contribution < -0.4 is 9.47 Å². The zero-order valence-corrected chi connectivity index (χ0v) is 14.7. The minimum Gasteiger partial charge on any atom is -0.493 e. The molecule has 0 saturated carbocycles. The fraction of sp³-hybridized carbons (Fsp3) is 0.333. The number of hydrogen-bond donors (Lipinski definition) is 1. The van der Waals surface area contributed by atoms with Crippen molar-refractivity contribution in [1.29, 1.82) is 0 Å². The first-order valence-electron chi connectivity index (χ1n) is 6.72. The number of carboxylic acids is 1. The molecule has 118 valence electrons. The number of nitrogens with zero attached hydrogens (tertiary/aromatic N) is 1. The van der Waals surface area contributed by atoms with Crippen molar-refractivity contribution in [1.82, 2.24) is 4.98 Å². The van der Waals surface area contributed by atoms with Crippen LogP contribution >= 0.6 is 27.3 Å². The molecule has 0 amide bonds. The highest BCUT2D eigenvalue weighted by Gasteiger charge is 2.15. The van der Waals surface area contributed by atoms with E-state index in [9.17, 15) is 4.79 Å². The largest absolute Gasteiger partial charge is 0.493 e. The third kappa shape index (κ3) is 3.98. The highest BCUT2D eigenvalue weighted by atomic mass is 79.9. The molecule has 0 fully saturated rings. The van der Waals surface area contributed by atoms with Crippen molar-refractivity contribution in [2.24, 2.45) is 0 Å². The zero-order valence-electron chi connectivity index (χ0n) is 12.3. The van der Waals surface area contributed by atoms with E-state index in [0.717, 1.165) is 21.5 Å². The molecule has 0 radical (unpaired) electrons. The van der Waals surface area contributed by atoms with Crippen LogP contribution in [0.3, 0.4) is 0 Å². The van der Waals surface area contributed by atoms with E-state index in [2.05, 4.69) is 20.9 Å². The lowest BCUT2D eigenvalue weighted by Gasteiger charge is -2.13. The molecule has 1 N–H and O–H groups in total. The number of ether oxygens (including phenoxy) is 2. The van der Waals surface area contributed by atoms with Gasteiger partial charge in [0.15, 0.2) is 11.5 Å². The molecule has 2 aromatic rings. The average Bonchev–Trinajstić information content (AvgIpc) is 2.93. The lowest BCUT2D eigenvalue weighted by atomic mass is 10.2. The summed E-state index contributed by atoms with van der Waals surface area (Å²) in [4.78, 5) is 15.1. The molecule has 0 aliphatic heterocycles. The van der Waals surface area contributed by atoms with Crippen LogP contribution in [0.25, 0.3) is 10.6 Å². The van der Waals surface area contributed by atoms with Gasteiger partial charge in [0.05, 0.1) is 30.3 Å². The summed E-state index contributed by atoms with van der Waals surface area (Å²) in [6, 6.07) is 3.75. The number of hydrogen-bond acceptors (Lipinski definition) is 5. The smallest absolute Gasteiger partial charge is 0.309 e. The Morgan fingerprint density at radius 2 is 2.23 bits per heavy atom. The molecule has 7 heteroatoms. The van der Waals surface area contributed by atoms with E-state index < -0.39 is 5.97 Å². The topological polar surface area (TPSA) is 68.7 Å². The SMILES string of the molecule is CCCOc1c(Br)cc(-c2nc(CC(=O)O)cs2)cc1OC. The van der Waals surface area contributed by atoms with Gasteiger partial charge in [-0.05, 0) is 34.5 Å². The van der Waals surface area contributed by atoms with E-state index in [4.69, 9.17) is 14.6 Å². The van der Waals surface area contributed by atoms with E-state index in [-0.39, 0.29) is 6.42 Å². The second kappa shape index (κ2) is 7.60. The number of aromatic nitrogens is 1. The lowest BCUT2D eigenvalue weighted by Crippen LogP contribution is -2.00. The Balaban J connectivity index is 2.33. The van der Waals surface area contributed by atoms with E-state index in [0.29, 0.717) is 23.8 Å². The van der Waals surface area contributed by atoms with Crippen molar-refractivity contribution in [2.75, 3.05) is 13.7 Å². The number of halogens is 1. The Morgan fingerprint density at radius 1 is 1.45 bits per heavy atom. The number of methoxy groups -OCH3 is 1. The number of carbonyl (C=O) groups is 1. The van der Waals surface area contributed by atoms with Crippen LogP contribution in [0.4, 0.5) is 0 Å². The monoisotopic (exact) mass is 385 g/mol. The van der Waals surface area contributed by atoms with Crippen molar-refractivity contribution in [3.8, 4) is 22.1 Å². The van der Waals surface area contributed by atoms with E-state index in [1.54, 1.807) is 12.5 Å². The number of aliphatic carboxylic acids is 1. The van der Waals surface area contributed by atoms with E-state index in [1.807, 2.05) is 19.1 Å². The first kappa shape index (κ1) is 16.8. The van der Waals surface area contributed by atoms with Crippen LogP contribution in [0.15, 0.2) is 22.0 Å². The zero-order chi connectivity index (χ0) is 16.1. The van der Waals surface area contributed by atoms with Crippen LogP contribution in [0, 0.1) is 0 Å². The Labute approximate surface area is 141 Å². The van der Waals surface area contributed by atoms with Crippen molar-refractivity contribution in [3.63, 3.8) is 0 Å². The quantitative estimate of drug-likeness (QED) is 0.779. The van der Waals surface area contributed by atoms with Crippen LogP contribution in [0.5, 0.6) is 11.5 Å². The molecule has 1 aromatic heterocycles. The summed E-state index contributed by atoms with van der Waals surface area (Å²) < 4.78 is 11.9. The molecule has 2 rings (SSSR count). The standard InChI is InChI=1S/C15H16BrNO4S/c1-3-4-21-14-11(16)5-9(6-12(14)20-2)15-17-10(8-22-15)7-13(18)19/h5-6,8H,3-4,7H2,1-2H3,(H,18,19). The molecule has 1 aromatic carbocycles. The van der Waals surface area contributed by atoms with Crippen molar-refractivity contribution < 1.29 is 19.4 Å². The van der Waals surface area contributed by atoms with Crippen LogP contribution in [-0.4, -0.2) is 29.8 Å². The van der Waals surface area contributed by atoms with Crippen LogP contribution in [0.1, 0.15) is 19.0 Å². The fourth-order valence-corrected chi connectivity index (χ4v) is 3.23. The number of rotatable bonds is 7. The minimum atomic E-state index is -0.890. The summed E-state index contributed by atoms with van der Waals surface area (Å²) in [6.45, 7) is 2.64. The molecule has 22 heavy (non-hydrogen) atoms. The maximum atomic E-state index is 10.7. The van der Waals surface area contributed by atoms with E-state index in [1.165, 1.54) is 11.3 Å². The van der Waals surface area contributed by atoms with Gasteiger partial charge in [0.2, 0.25) is 0 Å². The Morgan fingerprint density at radius 3 is 2.86 bits per heavy atom. The Hall–Kier alpha value is -1.60. The van der Waals surface area contributed by atoms with Gasteiger partial charge in [-0.15, -0.1) is 11.3 Å².